The predicted molar refractivity (Wildman–Crippen MR) is 116 cm³/mol. The highest BCUT2D eigenvalue weighted by Gasteiger charge is 2.37. The molecule has 0 bridgehead atoms. The van der Waals surface area contributed by atoms with Gasteiger partial charge in [-0.2, -0.15) is 5.26 Å². The molecule has 1 aliphatic rings. The van der Waals surface area contributed by atoms with Gasteiger partial charge in [-0.3, -0.25) is 14.5 Å². The van der Waals surface area contributed by atoms with Crippen LogP contribution in [0.2, 0.25) is 0 Å². The fraction of sp³-hybridized carbons (Fsp3) is 0.320. The van der Waals surface area contributed by atoms with Crippen molar-refractivity contribution < 1.29 is 19.1 Å². The Kier molecular flexibility index (Phi) is 6.32. The van der Waals surface area contributed by atoms with Crippen molar-refractivity contribution in [1.82, 2.24) is 4.90 Å². The third kappa shape index (κ3) is 3.85. The van der Waals surface area contributed by atoms with Crippen LogP contribution in [-0.2, 0) is 5.41 Å². The number of carbonyl (C=O) groups excluding carboxylic acids is 2. The molecule has 1 atom stereocenters. The maximum absolute atomic E-state index is 12.5. The third-order valence-corrected chi connectivity index (χ3v) is 5.69. The quantitative estimate of drug-likeness (QED) is 0.528. The molecule has 0 saturated carbocycles. The van der Waals surface area contributed by atoms with Crippen molar-refractivity contribution in [3.05, 3.63) is 59.2 Å². The number of amides is 2. The molecule has 0 aromatic heterocycles. The summed E-state index contributed by atoms with van der Waals surface area (Å²) in [5, 5.41) is 10.1. The first-order chi connectivity index (χ1) is 14.9. The van der Waals surface area contributed by atoms with E-state index in [0.29, 0.717) is 22.6 Å². The topological polar surface area (TPSA) is 79.6 Å². The lowest BCUT2D eigenvalue weighted by Gasteiger charge is -2.30. The molecule has 1 heterocycles. The number of hydrogen-bond acceptors (Lipinski definition) is 5. The molecule has 0 spiro atoms. The van der Waals surface area contributed by atoms with Gasteiger partial charge in [0, 0.05) is 6.42 Å². The molecule has 6 nitrogen and oxygen atoms in total. The summed E-state index contributed by atoms with van der Waals surface area (Å²) >= 11 is 0. The van der Waals surface area contributed by atoms with E-state index >= 15 is 0 Å². The Balaban J connectivity index is 1.83. The Hall–Kier alpha value is -3.77. The molecule has 2 aromatic rings. The number of carbonyl (C=O) groups is 2. The van der Waals surface area contributed by atoms with Gasteiger partial charge >= 0.3 is 0 Å². The molecule has 158 valence electrons. The van der Waals surface area contributed by atoms with E-state index in [4.69, 9.17) is 9.47 Å². The molecule has 3 rings (SSSR count). The van der Waals surface area contributed by atoms with E-state index in [9.17, 15) is 14.9 Å². The monoisotopic (exact) mass is 416 g/mol. The number of rotatable bonds is 6. The van der Waals surface area contributed by atoms with Crippen molar-refractivity contribution in [1.29, 1.82) is 5.26 Å². The van der Waals surface area contributed by atoms with Crippen LogP contribution in [0, 0.1) is 29.1 Å². The van der Waals surface area contributed by atoms with Crippen molar-refractivity contribution >= 4 is 11.8 Å². The van der Waals surface area contributed by atoms with Crippen LogP contribution >= 0.6 is 0 Å². The largest absolute Gasteiger partial charge is 0.493 e. The normalized spacial score (nSPS) is 14.4. The zero-order valence-corrected chi connectivity index (χ0v) is 18.1. The lowest BCUT2D eigenvalue weighted by Crippen LogP contribution is -2.31. The van der Waals surface area contributed by atoms with Crippen molar-refractivity contribution in [2.24, 2.45) is 5.92 Å². The maximum atomic E-state index is 12.5. The predicted octanol–water partition coefficient (Wildman–Crippen LogP) is 3.81. The Bertz CT molecular complexity index is 1090. The molecule has 0 saturated heterocycles. The summed E-state index contributed by atoms with van der Waals surface area (Å²) in [5.41, 5.74) is 0.688. The third-order valence-electron chi connectivity index (χ3n) is 5.69. The average Bonchev–Trinajstić information content (AvgIpc) is 3.03. The summed E-state index contributed by atoms with van der Waals surface area (Å²) in [6.45, 7) is 3.91. The van der Waals surface area contributed by atoms with Crippen LogP contribution in [0.15, 0.2) is 42.5 Å². The fourth-order valence-corrected chi connectivity index (χ4v) is 3.71. The van der Waals surface area contributed by atoms with Gasteiger partial charge in [-0.25, -0.2) is 0 Å². The van der Waals surface area contributed by atoms with Crippen LogP contribution in [0.5, 0.6) is 11.5 Å². The van der Waals surface area contributed by atoms with Crippen LogP contribution < -0.4 is 9.47 Å². The van der Waals surface area contributed by atoms with Gasteiger partial charge in [0.25, 0.3) is 11.8 Å². The average molecular weight is 416 g/mol. The van der Waals surface area contributed by atoms with Crippen LogP contribution in [0.1, 0.15) is 46.5 Å². The Labute approximate surface area is 182 Å². The van der Waals surface area contributed by atoms with Gasteiger partial charge in [-0.05, 0) is 35.7 Å². The molecular formula is C25H24N2O4. The summed E-state index contributed by atoms with van der Waals surface area (Å²) < 4.78 is 10.7. The molecule has 0 N–H and O–H groups in total. The Morgan fingerprint density at radius 3 is 2.10 bits per heavy atom. The Morgan fingerprint density at radius 1 is 0.968 bits per heavy atom. The van der Waals surface area contributed by atoms with Gasteiger partial charge in [-0.15, -0.1) is 0 Å². The van der Waals surface area contributed by atoms with E-state index in [1.807, 2.05) is 19.9 Å². The van der Waals surface area contributed by atoms with Gasteiger partial charge in [-0.1, -0.05) is 43.9 Å². The first kappa shape index (κ1) is 21.9. The minimum absolute atomic E-state index is 0.0160. The second-order valence-electron chi connectivity index (χ2n) is 7.58. The van der Waals surface area contributed by atoms with E-state index in [1.54, 1.807) is 50.6 Å². The molecule has 0 aliphatic carbocycles. The summed E-state index contributed by atoms with van der Waals surface area (Å²) in [5.74, 6) is 6.34. The van der Waals surface area contributed by atoms with Crippen molar-refractivity contribution in [2.75, 3.05) is 20.8 Å². The SMILES string of the molecule is COc1ccc(C(C#N)(CC#CCN2C(=O)c3ccccc3C2=O)C(C)C)cc1OC. The van der Waals surface area contributed by atoms with Crippen LogP contribution in [0.25, 0.3) is 0 Å². The van der Waals surface area contributed by atoms with Gasteiger partial charge in [0.15, 0.2) is 11.5 Å². The van der Waals surface area contributed by atoms with E-state index in [0.717, 1.165) is 10.5 Å². The van der Waals surface area contributed by atoms with E-state index < -0.39 is 5.41 Å². The minimum Gasteiger partial charge on any atom is -0.493 e. The summed E-state index contributed by atoms with van der Waals surface area (Å²) in [4.78, 5) is 26.1. The van der Waals surface area contributed by atoms with Gasteiger partial charge in [0.1, 0.15) is 0 Å². The summed E-state index contributed by atoms with van der Waals surface area (Å²) in [6.07, 6.45) is 0.250. The molecule has 0 fully saturated rings. The number of benzene rings is 2. The number of nitriles is 1. The molecule has 0 radical (unpaired) electrons. The maximum Gasteiger partial charge on any atom is 0.262 e. The lowest BCUT2D eigenvalue weighted by atomic mass is 9.70. The van der Waals surface area contributed by atoms with E-state index in [2.05, 4.69) is 17.9 Å². The number of hydrogen-bond donors (Lipinski definition) is 0. The van der Waals surface area contributed by atoms with E-state index in [-0.39, 0.29) is 30.7 Å². The van der Waals surface area contributed by atoms with Crippen LogP contribution in [-0.4, -0.2) is 37.5 Å². The summed E-state index contributed by atoms with van der Waals surface area (Å²) in [7, 11) is 3.11. The van der Waals surface area contributed by atoms with Gasteiger partial charge in [0.2, 0.25) is 0 Å². The molecule has 2 aromatic carbocycles. The Morgan fingerprint density at radius 2 is 1.58 bits per heavy atom. The smallest absolute Gasteiger partial charge is 0.262 e. The first-order valence-corrected chi connectivity index (χ1v) is 9.94. The van der Waals surface area contributed by atoms with E-state index in [1.165, 1.54) is 0 Å². The fourth-order valence-electron chi connectivity index (χ4n) is 3.71. The zero-order chi connectivity index (χ0) is 22.6. The number of nitrogens with zero attached hydrogens (tertiary/aromatic N) is 2. The molecule has 1 aliphatic heterocycles. The highest BCUT2D eigenvalue weighted by molar-refractivity contribution is 6.21. The molecule has 2 amide bonds. The van der Waals surface area contributed by atoms with Crippen molar-refractivity contribution in [3.63, 3.8) is 0 Å². The van der Waals surface area contributed by atoms with Crippen LogP contribution in [0.3, 0.4) is 0 Å². The second kappa shape index (κ2) is 8.93. The molecule has 31 heavy (non-hydrogen) atoms. The lowest BCUT2D eigenvalue weighted by molar-refractivity contribution is 0.0675. The van der Waals surface area contributed by atoms with Gasteiger partial charge in [0.05, 0.1) is 43.4 Å². The standard InChI is InChI=1S/C25H24N2O4/c1-17(2)25(16-26,18-11-12-21(30-3)22(15-18)31-4)13-7-8-14-27-23(28)19-9-5-6-10-20(19)24(27)29/h5-6,9-12,15,17H,13-14H2,1-4H3. The number of imide groups is 1. The van der Waals surface area contributed by atoms with Crippen LogP contribution in [0.4, 0.5) is 0 Å². The molecule has 1 unspecified atom stereocenters. The van der Waals surface area contributed by atoms with Crippen molar-refractivity contribution in [3.8, 4) is 29.4 Å². The molecule has 6 heteroatoms. The second-order valence-corrected chi connectivity index (χ2v) is 7.58. The summed E-state index contributed by atoms with van der Waals surface area (Å²) in [6, 6.07) is 14.6. The number of ether oxygens (including phenoxy) is 2. The highest BCUT2D eigenvalue weighted by atomic mass is 16.5. The number of fused-ring (bicyclic) bond motifs is 1. The molecular weight excluding hydrogens is 392 g/mol. The van der Waals surface area contributed by atoms with Crippen molar-refractivity contribution in [2.45, 2.75) is 25.7 Å². The first-order valence-electron chi connectivity index (χ1n) is 9.94. The minimum atomic E-state index is -0.880. The zero-order valence-electron chi connectivity index (χ0n) is 18.1. The number of methoxy groups -OCH3 is 2. The van der Waals surface area contributed by atoms with Gasteiger partial charge < -0.3 is 9.47 Å². The highest BCUT2D eigenvalue weighted by Crippen LogP contribution is 2.39.